The maximum atomic E-state index is 5.64. The fraction of sp³-hybridized carbons (Fsp3) is 0.167. The summed E-state index contributed by atoms with van der Waals surface area (Å²) in [5.41, 5.74) is 4.09. The minimum absolute atomic E-state index is 0.148. The second kappa shape index (κ2) is 7.07. The quantitative estimate of drug-likeness (QED) is 0.433. The standard InChI is InChI=1S/C12H12Br2N2S2/c13-8-2-1-3-9(4-8)18-7-12(16-15)10-5-17-6-11(10)14/h1-6,12,16H,7,15H2. The van der Waals surface area contributed by atoms with Gasteiger partial charge in [-0.1, -0.05) is 22.0 Å². The summed E-state index contributed by atoms with van der Waals surface area (Å²) in [5, 5.41) is 4.19. The van der Waals surface area contributed by atoms with Gasteiger partial charge >= 0.3 is 0 Å². The molecular formula is C12H12Br2N2S2. The molecule has 0 aliphatic heterocycles. The summed E-state index contributed by atoms with van der Waals surface area (Å²) in [7, 11) is 0. The van der Waals surface area contributed by atoms with Crippen molar-refractivity contribution in [3.63, 3.8) is 0 Å². The minimum atomic E-state index is 0.148. The summed E-state index contributed by atoms with van der Waals surface area (Å²) < 4.78 is 2.21. The molecule has 0 fully saturated rings. The SMILES string of the molecule is NNC(CSc1cccc(Br)c1)c1cscc1Br. The number of nitrogens with one attached hydrogen (secondary N) is 1. The monoisotopic (exact) mass is 406 g/mol. The molecule has 0 spiro atoms. The number of hydrogen-bond acceptors (Lipinski definition) is 4. The van der Waals surface area contributed by atoms with E-state index in [1.807, 2.05) is 12.1 Å². The molecule has 1 aromatic carbocycles. The van der Waals surface area contributed by atoms with Gasteiger partial charge < -0.3 is 0 Å². The Morgan fingerprint density at radius 3 is 2.78 bits per heavy atom. The fourth-order valence-corrected chi connectivity index (χ4v) is 4.70. The Hall–Kier alpha value is 0.150. The van der Waals surface area contributed by atoms with Crippen molar-refractivity contribution in [2.45, 2.75) is 10.9 Å². The molecule has 0 saturated carbocycles. The van der Waals surface area contributed by atoms with E-state index in [0.29, 0.717) is 0 Å². The lowest BCUT2D eigenvalue weighted by molar-refractivity contribution is 0.610. The summed E-state index contributed by atoms with van der Waals surface area (Å²) in [6.45, 7) is 0. The Morgan fingerprint density at radius 1 is 1.33 bits per heavy atom. The molecule has 0 saturated heterocycles. The highest BCUT2D eigenvalue weighted by Gasteiger charge is 2.14. The van der Waals surface area contributed by atoms with Crippen LogP contribution in [0.15, 0.2) is 48.9 Å². The van der Waals surface area contributed by atoms with Crippen LogP contribution in [0.2, 0.25) is 0 Å². The van der Waals surface area contributed by atoms with Crippen LogP contribution < -0.4 is 11.3 Å². The lowest BCUT2D eigenvalue weighted by atomic mass is 10.2. The Kier molecular flexibility index (Phi) is 5.72. The number of thiophene rings is 1. The van der Waals surface area contributed by atoms with Crippen molar-refractivity contribution >= 4 is 55.0 Å². The van der Waals surface area contributed by atoms with Gasteiger partial charge in [0.25, 0.3) is 0 Å². The largest absolute Gasteiger partial charge is 0.271 e. The van der Waals surface area contributed by atoms with Crippen LogP contribution in [-0.2, 0) is 0 Å². The van der Waals surface area contributed by atoms with Crippen LogP contribution in [0.5, 0.6) is 0 Å². The molecule has 1 atom stereocenters. The van der Waals surface area contributed by atoms with Crippen LogP contribution in [0.25, 0.3) is 0 Å². The molecule has 1 aromatic heterocycles. The normalized spacial score (nSPS) is 12.6. The minimum Gasteiger partial charge on any atom is -0.271 e. The smallest absolute Gasteiger partial charge is 0.0573 e. The number of thioether (sulfide) groups is 1. The first-order chi connectivity index (χ1) is 8.70. The maximum absolute atomic E-state index is 5.64. The Bertz CT molecular complexity index is 516. The first-order valence-corrected chi connectivity index (χ1v) is 8.78. The van der Waals surface area contributed by atoms with Gasteiger partial charge in [-0.25, -0.2) is 0 Å². The molecule has 0 bridgehead atoms. The van der Waals surface area contributed by atoms with Crippen molar-refractivity contribution in [2.75, 3.05) is 5.75 Å². The molecule has 1 heterocycles. The van der Waals surface area contributed by atoms with E-state index in [1.54, 1.807) is 23.1 Å². The molecule has 2 aromatic rings. The molecule has 18 heavy (non-hydrogen) atoms. The highest BCUT2D eigenvalue weighted by molar-refractivity contribution is 9.10. The number of rotatable bonds is 5. The van der Waals surface area contributed by atoms with Gasteiger partial charge in [-0.2, -0.15) is 11.3 Å². The average molecular weight is 408 g/mol. The van der Waals surface area contributed by atoms with Crippen molar-refractivity contribution in [1.82, 2.24) is 5.43 Å². The summed E-state index contributed by atoms with van der Waals surface area (Å²) in [6.07, 6.45) is 0. The molecule has 2 nitrogen and oxygen atoms in total. The number of benzene rings is 1. The van der Waals surface area contributed by atoms with Gasteiger partial charge in [0.15, 0.2) is 0 Å². The molecule has 3 N–H and O–H groups in total. The van der Waals surface area contributed by atoms with E-state index < -0.39 is 0 Å². The molecule has 96 valence electrons. The Morgan fingerprint density at radius 2 is 2.17 bits per heavy atom. The maximum Gasteiger partial charge on any atom is 0.0573 e. The molecule has 2 rings (SSSR count). The average Bonchev–Trinajstić information content (AvgIpc) is 2.77. The van der Waals surface area contributed by atoms with Crippen LogP contribution in [0.4, 0.5) is 0 Å². The summed E-state index contributed by atoms with van der Waals surface area (Å²) in [5.74, 6) is 6.53. The molecule has 6 heteroatoms. The van der Waals surface area contributed by atoms with Gasteiger partial charge in [-0.3, -0.25) is 11.3 Å². The zero-order chi connectivity index (χ0) is 13.0. The Labute approximate surface area is 132 Å². The van der Waals surface area contributed by atoms with Gasteiger partial charge in [0.05, 0.1) is 6.04 Å². The molecule has 0 radical (unpaired) electrons. The van der Waals surface area contributed by atoms with E-state index >= 15 is 0 Å². The first kappa shape index (κ1) is 14.6. The highest BCUT2D eigenvalue weighted by Crippen LogP contribution is 2.31. The lowest BCUT2D eigenvalue weighted by Crippen LogP contribution is -2.29. The molecule has 0 aliphatic carbocycles. The van der Waals surface area contributed by atoms with Crippen LogP contribution in [0.3, 0.4) is 0 Å². The van der Waals surface area contributed by atoms with Gasteiger partial charge in [0.2, 0.25) is 0 Å². The second-order valence-corrected chi connectivity index (χ2v) is 7.27. The summed E-state index contributed by atoms with van der Waals surface area (Å²) in [6, 6.07) is 8.43. The van der Waals surface area contributed by atoms with Crippen molar-refractivity contribution in [1.29, 1.82) is 0 Å². The molecular weight excluding hydrogens is 396 g/mol. The third-order valence-electron chi connectivity index (χ3n) is 2.43. The molecule has 1 unspecified atom stereocenters. The Balaban J connectivity index is 2.02. The first-order valence-electron chi connectivity index (χ1n) is 5.27. The molecule has 0 aliphatic rings. The number of hydrogen-bond donors (Lipinski definition) is 2. The van der Waals surface area contributed by atoms with E-state index in [0.717, 1.165) is 14.7 Å². The van der Waals surface area contributed by atoms with Gasteiger partial charge in [0.1, 0.15) is 0 Å². The van der Waals surface area contributed by atoms with Crippen LogP contribution in [0.1, 0.15) is 11.6 Å². The third-order valence-corrected chi connectivity index (χ3v) is 5.76. The number of hydrazine groups is 1. The van der Waals surface area contributed by atoms with Gasteiger partial charge in [0, 0.05) is 25.0 Å². The van der Waals surface area contributed by atoms with E-state index in [9.17, 15) is 0 Å². The highest BCUT2D eigenvalue weighted by atomic mass is 79.9. The van der Waals surface area contributed by atoms with E-state index in [2.05, 4.69) is 60.2 Å². The molecule has 0 amide bonds. The van der Waals surface area contributed by atoms with Gasteiger partial charge in [-0.05, 0) is 45.1 Å². The third kappa shape index (κ3) is 3.82. The summed E-state index contributed by atoms with van der Waals surface area (Å²) in [4.78, 5) is 1.23. The van der Waals surface area contributed by atoms with E-state index in [4.69, 9.17) is 5.84 Å². The zero-order valence-corrected chi connectivity index (χ0v) is 14.2. The van der Waals surface area contributed by atoms with E-state index in [1.165, 1.54) is 10.5 Å². The zero-order valence-electron chi connectivity index (χ0n) is 9.40. The number of nitrogens with two attached hydrogens (primary N) is 1. The van der Waals surface area contributed by atoms with Crippen LogP contribution >= 0.6 is 55.0 Å². The van der Waals surface area contributed by atoms with Crippen molar-refractivity contribution in [2.24, 2.45) is 5.84 Å². The van der Waals surface area contributed by atoms with Crippen molar-refractivity contribution < 1.29 is 0 Å². The topological polar surface area (TPSA) is 38.0 Å². The van der Waals surface area contributed by atoms with Crippen molar-refractivity contribution in [3.05, 3.63) is 49.5 Å². The predicted octanol–water partition coefficient (Wildman–Crippen LogP) is 4.57. The van der Waals surface area contributed by atoms with Crippen molar-refractivity contribution in [3.8, 4) is 0 Å². The second-order valence-electron chi connectivity index (χ2n) is 3.66. The lowest BCUT2D eigenvalue weighted by Gasteiger charge is -2.15. The van der Waals surface area contributed by atoms with Crippen LogP contribution in [-0.4, -0.2) is 5.75 Å². The summed E-state index contributed by atoms with van der Waals surface area (Å²) >= 11 is 10.5. The van der Waals surface area contributed by atoms with Crippen LogP contribution in [0, 0.1) is 0 Å². The van der Waals surface area contributed by atoms with E-state index in [-0.39, 0.29) is 6.04 Å². The predicted molar refractivity (Wildman–Crippen MR) is 86.9 cm³/mol. The van der Waals surface area contributed by atoms with Gasteiger partial charge in [-0.15, -0.1) is 11.8 Å². The number of halogens is 2. The fourth-order valence-electron chi connectivity index (χ4n) is 1.50.